The van der Waals surface area contributed by atoms with Gasteiger partial charge < -0.3 is 30.5 Å². The quantitative estimate of drug-likeness (QED) is 0.301. The lowest BCUT2D eigenvalue weighted by Crippen LogP contribution is -2.53. The molecule has 0 fully saturated rings. The first-order chi connectivity index (χ1) is 7.36. The second kappa shape index (κ2) is 6.46. The zero-order chi connectivity index (χ0) is 12.9. The van der Waals surface area contributed by atoms with Crippen LogP contribution in [0.25, 0.3) is 0 Å². The molecule has 1 amide bonds. The SMILES string of the molecule is [2H]N(C(C)=O)[C@H](C=O)[C@@H](O)[C@H](O)[C@H](O)CO. The lowest BCUT2D eigenvalue weighted by atomic mass is 10.0. The molecule has 0 aliphatic carbocycles. The predicted molar refractivity (Wildman–Crippen MR) is 48.8 cm³/mol. The van der Waals surface area contributed by atoms with Crippen molar-refractivity contribution in [1.29, 1.82) is 0 Å². The molecule has 0 rings (SSSR count). The summed E-state index contributed by atoms with van der Waals surface area (Å²) >= 11 is 0. The van der Waals surface area contributed by atoms with E-state index in [-0.39, 0.29) is 11.6 Å². The Kier molecular flexibility index (Phi) is 5.19. The van der Waals surface area contributed by atoms with Crippen LogP contribution in [-0.2, 0) is 9.59 Å². The summed E-state index contributed by atoms with van der Waals surface area (Å²) in [6.45, 7) is 0.187. The highest BCUT2D eigenvalue weighted by Gasteiger charge is 2.31. The number of hydrogen-bond acceptors (Lipinski definition) is 6. The van der Waals surface area contributed by atoms with Crippen LogP contribution >= 0.6 is 0 Å². The number of hydrogen-bond donors (Lipinski definition) is 5. The van der Waals surface area contributed by atoms with Gasteiger partial charge in [-0.1, -0.05) is 0 Å². The third kappa shape index (κ3) is 4.34. The maximum Gasteiger partial charge on any atom is 0.217 e. The maximum absolute atomic E-state index is 10.8. The van der Waals surface area contributed by atoms with Gasteiger partial charge in [0.25, 0.3) is 0 Å². The molecule has 7 heteroatoms. The van der Waals surface area contributed by atoms with E-state index in [4.69, 9.17) is 11.6 Å². The van der Waals surface area contributed by atoms with Crippen molar-refractivity contribution in [1.82, 2.24) is 5.31 Å². The summed E-state index contributed by atoms with van der Waals surface area (Å²) in [5, 5.41) is 36.4. The second-order valence-electron chi connectivity index (χ2n) is 3.01. The van der Waals surface area contributed by atoms with Crippen LogP contribution in [0.5, 0.6) is 0 Å². The predicted octanol–water partition coefficient (Wildman–Crippen LogP) is -3.23. The molecule has 88 valence electrons. The van der Waals surface area contributed by atoms with Crippen LogP contribution in [0.1, 0.15) is 6.92 Å². The zero-order valence-electron chi connectivity index (χ0n) is 9.15. The average molecular weight is 222 g/mol. The molecule has 0 aromatic rings. The first kappa shape index (κ1) is 12.1. The smallest absolute Gasteiger partial charge is 0.217 e. The first-order valence-electron chi connectivity index (χ1n) is 4.70. The molecule has 0 aromatic heterocycles. The minimum atomic E-state index is -1.85. The molecule has 0 saturated carbocycles. The molecular formula is C8H15NO6. The third-order valence-electron chi connectivity index (χ3n) is 1.75. The van der Waals surface area contributed by atoms with E-state index in [0.29, 0.717) is 0 Å². The summed E-state index contributed by atoms with van der Waals surface area (Å²) in [6, 6.07) is -1.60. The Morgan fingerprint density at radius 3 is 2.33 bits per heavy atom. The van der Waals surface area contributed by atoms with Gasteiger partial charge in [-0.25, -0.2) is 0 Å². The Hall–Kier alpha value is -1.02. The highest BCUT2D eigenvalue weighted by atomic mass is 16.4. The number of carbonyl (C=O) groups excluding carboxylic acids is 2. The van der Waals surface area contributed by atoms with E-state index in [9.17, 15) is 19.8 Å². The van der Waals surface area contributed by atoms with Gasteiger partial charge in [0.1, 0.15) is 30.6 Å². The van der Waals surface area contributed by atoms with Crippen LogP contribution in [0.2, 0.25) is 1.41 Å². The van der Waals surface area contributed by atoms with E-state index in [1.54, 1.807) is 0 Å². The molecule has 0 saturated heterocycles. The van der Waals surface area contributed by atoms with Crippen LogP contribution < -0.4 is 5.31 Å². The summed E-state index contributed by atoms with van der Waals surface area (Å²) in [7, 11) is 0. The largest absolute Gasteiger partial charge is 0.394 e. The number of aldehydes is 1. The van der Waals surface area contributed by atoms with E-state index in [1.807, 2.05) is 0 Å². The summed E-state index contributed by atoms with van der Waals surface area (Å²) in [4.78, 5) is 21.4. The number of rotatable bonds is 6. The van der Waals surface area contributed by atoms with Crippen molar-refractivity contribution < 1.29 is 31.4 Å². The molecule has 0 radical (unpaired) electrons. The summed E-state index contributed by atoms with van der Waals surface area (Å²) < 4.78 is 7.14. The number of amides is 1. The van der Waals surface area contributed by atoms with Crippen molar-refractivity contribution in [3.8, 4) is 0 Å². The minimum Gasteiger partial charge on any atom is -0.394 e. The molecule has 0 aliphatic rings. The van der Waals surface area contributed by atoms with Gasteiger partial charge in [-0.15, -0.1) is 0 Å². The van der Waals surface area contributed by atoms with Crippen LogP contribution in [0, 0.1) is 0 Å². The second-order valence-corrected chi connectivity index (χ2v) is 3.01. The number of nitrogens with one attached hydrogen (secondary N) is 1. The molecule has 15 heavy (non-hydrogen) atoms. The minimum absolute atomic E-state index is 0.104. The Morgan fingerprint density at radius 1 is 1.47 bits per heavy atom. The number of carbonyl (C=O) groups is 2. The summed E-state index contributed by atoms with van der Waals surface area (Å²) in [5.41, 5.74) is 0. The Bertz CT molecular complexity index is 251. The van der Waals surface area contributed by atoms with E-state index in [0.717, 1.165) is 6.92 Å². The van der Waals surface area contributed by atoms with Gasteiger partial charge in [0.05, 0.1) is 6.61 Å². The van der Waals surface area contributed by atoms with E-state index in [2.05, 4.69) is 0 Å². The fraction of sp³-hybridized carbons (Fsp3) is 0.750. The molecule has 0 aliphatic heterocycles. The van der Waals surface area contributed by atoms with Gasteiger partial charge in [0.2, 0.25) is 5.91 Å². The first-order valence-corrected chi connectivity index (χ1v) is 4.25. The van der Waals surface area contributed by atoms with Gasteiger partial charge in [0.15, 0.2) is 1.41 Å². The van der Waals surface area contributed by atoms with E-state index < -0.39 is 36.9 Å². The van der Waals surface area contributed by atoms with Crippen molar-refractivity contribution >= 4 is 12.2 Å². The molecule has 4 atom stereocenters. The Labute approximate surface area is 87.8 Å². The Morgan fingerprint density at radius 2 is 2.00 bits per heavy atom. The van der Waals surface area contributed by atoms with E-state index in [1.165, 1.54) is 0 Å². The lowest BCUT2D eigenvalue weighted by Gasteiger charge is -2.25. The van der Waals surface area contributed by atoms with Crippen LogP contribution in [0.15, 0.2) is 0 Å². The van der Waals surface area contributed by atoms with Crippen LogP contribution in [-0.4, -0.2) is 63.6 Å². The van der Waals surface area contributed by atoms with Gasteiger partial charge in [-0.05, 0) is 0 Å². The van der Waals surface area contributed by atoms with E-state index >= 15 is 0 Å². The average Bonchev–Trinajstić information content (AvgIpc) is 2.27. The van der Waals surface area contributed by atoms with Crippen LogP contribution in [0.4, 0.5) is 0 Å². The van der Waals surface area contributed by atoms with Crippen LogP contribution in [0.3, 0.4) is 0 Å². The van der Waals surface area contributed by atoms with Crippen molar-refractivity contribution in [3.05, 3.63) is 0 Å². The highest BCUT2D eigenvalue weighted by Crippen LogP contribution is 2.03. The highest BCUT2D eigenvalue weighted by molar-refractivity contribution is 5.77. The maximum atomic E-state index is 10.8. The molecular weight excluding hydrogens is 206 g/mol. The van der Waals surface area contributed by atoms with Gasteiger partial charge in [0, 0.05) is 6.92 Å². The summed E-state index contributed by atoms with van der Waals surface area (Å²) in [6.07, 6.45) is -5.22. The topological polar surface area (TPSA) is 127 Å². The van der Waals surface area contributed by atoms with Gasteiger partial charge in [-0.3, -0.25) is 4.79 Å². The standard InChI is InChI=1S/C8H15NO6/c1-4(12)9-5(2-10)7(14)8(15)6(13)3-11/h2,5-8,11,13-15H,3H2,1H3,(H,9,12)/t5-,6-,7-,8-/m1/s1/i/hD. The van der Waals surface area contributed by atoms with Gasteiger partial charge >= 0.3 is 0 Å². The fourth-order valence-electron chi connectivity index (χ4n) is 0.935. The monoisotopic (exact) mass is 222 g/mol. The van der Waals surface area contributed by atoms with Gasteiger partial charge in [-0.2, -0.15) is 0 Å². The molecule has 0 bridgehead atoms. The number of aliphatic hydroxyl groups is 4. The third-order valence-corrected chi connectivity index (χ3v) is 1.75. The molecule has 0 spiro atoms. The normalized spacial score (nSPS) is 19.7. The number of aliphatic hydroxyl groups excluding tert-OH is 4. The van der Waals surface area contributed by atoms with Crippen molar-refractivity contribution in [2.45, 2.75) is 31.3 Å². The fourth-order valence-corrected chi connectivity index (χ4v) is 0.935. The Balaban J connectivity index is 4.70. The molecule has 0 heterocycles. The lowest BCUT2D eigenvalue weighted by molar-refractivity contribution is -0.129. The molecule has 7 nitrogen and oxygen atoms in total. The molecule has 5 N–H and O–H groups in total. The summed E-state index contributed by atoms with van der Waals surface area (Å²) in [5.74, 6) is -0.804. The van der Waals surface area contributed by atoms with Crippen molar-refractivity contribution in [2.24, 2.45) is 0 Å². The molecule has 0 aromatic carbocycles. The van der Waals surface area contributed by atoms with Crippen molar-refractivity contribution in [2.75, 3.05) is 6.61 Å². The molecule has 0 unspecified atom stereocenters. The van der Waals surface area contributed by atoms with Crippen molar-refractivity contribution in [3.63, 3.8) is 0 Å². The zero-order valence-corrected chi connectivity index (χ0v) is 8.15.